The van der Waals surface area contributed by atoms with Crippen molar-refractivity contribution in [2.24, 2.45) is 0 Å². The summed E-state index contributed by atoms with van der Waals surface area (Å²) in [5.41, 5.74) is -1.61. The van der Waals surface area contributed by atoms with E-state index in [4.69, 9.17) is 4.74 Å². The fourth-order valence-corrected chi connectivity index (χ4v) is 1.98. The quantitative estimate of drug-likeness (QED) is 0.657. The van der Waals surface area contributed by atoms with E-state index in [0.29, 0.717) is 19.2 Å². The van der Waals surface area contributed by atoms with E-state index >= 15 is 0 Å². The molecule has 0 aromatic heterocycles. The standard InChI is InChI=1S/C12H14F3N3O3/c13-12(14,15)8-1-2-10(11(5-8)18(19)20)17-7-9-6-16-3-4-21-9/h1-2,5,9,16-17H,3-4,6-7H2. The van der Waals surface area contributed by atoms with E-state index in [0.717, 1.165) is 18.7 Å². The molecule has 1 aromatic carbocycles. The molecule has 2 rings (SSSR count). The number of hydrogen-bond acceptors (Lipinski definition) is 5. The molecule has 1 aliphatic rings. The van der Waals surface area contributed by atoms with Crippen molar-refractivity contribution in [2.75, 3.05) is 31.6 Å². The Bertz CT molecular complexity index is 516. The lowest BCUT2D eigenvalue weighted by atomic mass is 10.1. The zero-order valence-electron chi connectivity index (χ0n) is 10.9. The molecule has 1 heterocycles. The topological polar surface area (TPSA) is 76.4 Å². The third-order valence-corrected chi connectivity index (χ3v) is 3.05. The molecule has 0 amide bonds. The van der Waals surface area contributed by atoms with Crippen LogP contribution in [0.25, 0.3) is 0 Å². The minimum atomic E-state index is -4.61. The summed E-state index contributed by atoms with van der Waals surface area (Å²) in [7, 11) is 0. The average molecular weight is 305 g/mol. The van der Waals surface area contributed by atoms with E-state index in [2.05, 4.69) is 10.6 Å². The van der Waals surface area contributed by atoms with Crippen LogP contribution >= 0.6 is 0 Å². The number of anilines is 1. The van der Waals surface area contributed by atoms with Crippen molar-refractivity contribution in [2.45, 2.75) is 12.3 Å². The second kappa shape index (κ2) is 6.27. The molecule has 0 bridgehead atoms. The highest BCUT2D eigenvalue weighted by molar-refractivity contribution is 5.63. The van der Waals surface area contributed by atoms with Gasteiger partial charge in [0.25, 0.3) is 5.69 Å². The second-order valence-electron chi connectivity index (χ2n) is 4.56. The highest BCUT2D eigenvalue weighted by Crippen LogP contribution is 2.34. The van der Waals surface area contributed by atoms with E-state index < -0.39 is 22.4 Å². The third kappa shape index (κ3) is 4.05. The number of nitrogens with zero attached hydrogens (tertiary/aromatic N) is 1. The van der Waals surface area contributed by atoms with Crippen molar-refractivity contribution < 1.29 is 22.8 Å². The number of nitrogens with one attached hydrogen (secondary N) is 2. The Kier molecular flexibility index (Phi) is 4.63. The summed E-state index contributed by atoms with van der Waals surface area (Å²) in [5.74, 6) is 0. The lowest BCUT2D eigenvalue weighted by Gasteiger charge is -2.24. The monoisotopic (exact) mass is 305 g/mol. The van der Waals surface area contributed by atoms with Gasteiger partial charge in [0.1, 0.15) is 5.69 Å². The summed E-state index contributed by atoms with van der Waals surface area (Å²) in [6.07, 6.45) is -4.79. The number of nitro benzene ring substituents is 1. The molecule has 1 atom stereocenters. The lowest BCUT2D eigenvalue weighted by molar-refractivity contribution is -0.384. The van der Waals surface area contributed by atoms with Crippen molar-refractivity contribution in [1.29, 1.82) is 0 Å². The molecule has 0 radical (unpaired) electrons. The van der Waals surface area contributed by atoms with Crippen LogP contribution in [0.2, 0.25) is 0 Å². The predicted molar refractivity (Wildman–Crippen MR) is 69.2 cm³/mol. The number of rotatable bonds is 4. The SMILES string of the molecule is O=[N+]([O-])c1cc(C(F)(F)F)ccc1NCC1CNCCO1. The first-order chi connectivity index (χ1) is 9.88. The molecule has 6 nitrogen and oxygen atoms in total. The summed E-state index contributed by atoms with van der Waals surface area (Å²) in [4.78, 5) is 10.1. The number of morpholine rings is 1. The molecule has 0 aliphatic carbocycles. The molecule has 1 fully saturated rings. The smallest absolute Gasteiger partial charge is 0.377 e. The Hall–Kier alpha value is -1.87. The summed E-state index contributed by atoms with van der Waals surface area (Å²) >= 11 is 0. The van der Waals surface area contributed by atoms with Crippen molar-refractivity contribution in [1.82, 2.24) is 5.32 Å². The van der Waals surface area contributed by atoms with Gasteiger partial charge in [0, 0.05) is 25.7 Å². The molecular formula is C12H14F3N3O3. The van der Waals surface area contributed by atoms with Gasteiger partial charge in [-0.15, -0.1) is 0 Å². The Morgan fingerprint density at radius 3 is 2.81 bits per heavy atom. The lowest BCUT2D eigenvalue weighted by Crippen LogP contribution is -2.42. The number of ether oxygens (including phenoxy) is 1. The van der Waals surface area contributed by atoms with Gasteiger partial charge in [-0.1, -0.05) is 0 Å². The maximum atomic E-state index is 12.6. The Balaban J connectivity index is 2.12. The van der Waals surface area contributed by atoms with Gasteiger partial charge < -0.3 is 15.4 Å². The van der Waals surface area contributed by atoms with Gasteiger partial charge in [-0.25, -0.2) is 0 Å². The first kappa shape index (κ1) is 15.5. The zero-order valence-corrected chi connectivity index (χ0v) is 10.9. The zero-order chi connectivity index (χ0) is 15.5. The number of halogens is 3. The largest absolute Gasteiger partial charge is 0.416 e. The molecule has 9 heteroatoms. The molecule has 1 aliphatic heterocycles. The van der Waals surface area contributed by atoms with Gasteiger partial charge in [-0.2, -0.15) is 13.2 Å². The maximum Gasteiger partial charge on any atom is 0.416 e. The van der Waals surface area contributed by atoms with Crippen molar-refractivity contribution >= 4 is 11.4 Å². The molecule has 1 aromatic rings. The van der Waals surface area contributed by atoms with Crippen LogP contribution in [0.5, 0.6) is 0 Å². The highest BCUT2D eigenvalue weighted by Gasteiger charge is 2.33. The van der Waals surface area contributed by atoms with Gasteiger partial charge in [0.2, 0.25) is 0 Å². The van der Waals surface area contributed by atoms with Crippen LogP contribution in [-0.2, 0) is 10.9 Å². The Labute approximate surface area is 118 Å². The second-order valence-corrected chi connectivity index (χ2v) is 4.56. The molecule has 21 heavy (non-hydrogen) atoms. The van der Waals surface area contributed by atoms with Crippen LogP contribution in [0.4, 0.5) is 24.5 Å². The fourth-order valence-electron chi connectivity index (χ4n) is 1.98. The minimum absolute atomic E-state index is 0.0437. The molecular weight excluding hydrogens is 291 g/mol. The van der Waals surface area contributed by atoms with Crippen LogP contribution in [0, 0.1) is 10.1 Å². The van der Waals surface area contributed by atoms with E-state index in [-0.39, 0.29) is 18.3 Å². The van der Waals surface area contributed by atoms with Gasteiger partial charge in [0.05, 0.1) is 23.2 Å². The van der Waals surface area contributed by atoms with Gasteiger partial charge >= 0.3 is 6.18 Å². The van der Waals surface area contributed by atoms with Gasteiger partial charge in [-0.3, -0.25) is 10.1 Å². The van der Waals surface area contributed by atoms with Crippen LogP contribution in [0.1, 0.15) is 5.56 Å². The molecule has 0 spiro atoms. The Morgan fingerprint density at radius 2 is 2.24 bits per heavy atom. The molecule has 0 saturated carbocycles. The summed E-state index contributed by atoms with van der Waals surface area (Å²) in [5, 5.41) is 16.8. The summed E-state index contributed by atoms with van der Waals surface area (Å²) in [6, 6.07) is 2.41. The third-order valence-electron chi connectivity index (χ3n) is 3.05. The fraction of sp³-hybridized carbons (Fsp3) is 0.500. The molecule has 1 saturated heterocycles. The number of nitro groups is 1. The number of hydrogen-bond donors (Lipinski definition) is 2. The van der Waals surface area contributed by atoms with Crippen LogP contribution in [0.3, 0.4) is 0 Å². The predicted octanol–water partition coefficient (Wildman–Crippen LogP) is 2.01. The normalized spacial score (nSPS) is 19.3. The number of alkyl halides is 3. The summed E-state index contributed by atoms with van der Waals surface area (Å²) < 4.78 is 43.1. The van der Waals surface area contributed by atoms with Gasteiger partial charge in [-0.05, 0) is 12.1 Å². The van der Waals surface area contributed by atoms with Crippen LogP contribution < -0.4 is 10.6 Å². The van der Waals surface area contributed by atoms with Crippen LogP contribution in [-0.4, -0.2) is 37.3 Å². The first-order valence-corrected chi connectivity index (χ1v) is 6.30. The van der Waals surface area contributed by atoms with Crippen molar-refractivity contribution in [3.63, 3.8) is 0 Å². The highest BCUT2D eigenvalue weighted by atomic mass is 19.4. The van der Waals surface area contributed by atoms with E-state index in [9.17, 15) is 23.3 Å². The average Bonchev–Trinajstić information content (AvgIpc) is 2.45. The first-order valence-electron chi connectivity index (χ1n) is 6.30. The maximum absolute atomic E-state index is 12.6. The van der Waals surface area contributed by atoms with E-state index in [1.54, 1.807) is 0 Å². The Morgan fingerprint density at radius 1 is 1.48 bits per heavy atom. The summed E-state index contributed by atoms with van der Waals surface area (Å²) in [6.45, 7) is 2.12. The van der Waals surface area contributed by atoms with Crippen molar-refractivity contribution in [3.05, 3.63) is 33.9 Å². The molecule has 116 valence electrons. The van der Waals surface area contributed by atoms with Crippen molar-refractivity contribution in [3.8, 4) is 0 Å². The molecule has 2 N–H and O–H groups in total. The van der Waals surface area contributed by atoms with Gasteiger partial charge in [0.15, 0.2) is 0 Å². The van der Waals surface area contributed by atoms with E-state index in [1.807, 2.05) is 0 Å². The molecule has 1 unspecified atom stereocenters. The van der Waals surface area contributed by atoms with E-state index in [1.165, 1.54) is 0 Å². The number of benzene rings is 1. The van der Waals surface area contributed by atoms with Crippen LogP contribution in [0.15, 0.2) is 18.2 Å². The minimum Gasteiger partial charge on any atom is -0.377 e.